The van der Waals surface area contributed by atoms with Gasteiger partial charge in [-0.3, -0.25) is 0 Å². The van der Waals surface area contributed by atoms with Crippen molar-refractivity contribution in [2.24, 2.45) is 5.16 Å². The van der Waals surface area contributed by atoms with Gasteiger partial charge in [-0.25, -0.2) is 0 Å². The fourth-order valence-corrected chi connectivity index (χ4v) is 0.528. The SMILES string of the molecule is N=C1C=CC(=NO)C=C1. The van der Waals surface area contributed by atoms with E-state index >= 15 is 0 Å². The van der Waals surface area contributed by atoms with E-state index in [0.717, 1.165) is 0 Å². The van der Waals surface area contributed by atoms with Crippen molar-refractivity contribution < 1.29 is 5.21 Å². The maximum atomic E-state index is 8.19. The molecule has 0 unspecified atom stereocenters. The third-order valence-corrected chi connectivity index (χ3v) is 0.983. The van der Waals surface area contributed by atoms with E-state index in [1.54, 1.807) is 24.3 Å². The average molecular weight is 122 g/mol. The predicted octanol–water partition coefficient (Wildman–Crippen LogP) is 0.962. The molecule has 0 radical (unpaired) electrons. The van der Waals surface area contributed by atoms with Gasteiger partial charge in [0.1, 0.15) is 5.71 Å². The number of nitrogens with one attached hydrogen (secondary N) is 1. The molecule has 46 valence electrons. The predicted molar refractivity (Wildman–Crippen MR) is 35.2 cm³/mol. The standard InChI is InChI=1S/C6H6N2O/c7-5-1-3-6(8-9)4-2-5/h1-4,7,9H. The maximum Gasteiger partial charge on any atom is 0.102 e. The normalized spacial score (nSPS) is 16.4. The van der Waals surface area contributed by atoms with Crippen LogP contribution in [0.15, 0.2) is 29.5 Å². The fourth-order valence-electron chi connectivity index (χ4n) is 0.528. The van der Waals surface area contributed by atoms with Crippen molar-refractivity contribution in [2.75, 3.05) is 0 Å². The Morgan fingerprint density at radius 3 is 2.22 bits per heavy atom. The summed E-state index contributed by atoms with van der Waals surface area (Å²) < 4.78 is 0. The molecular formula is C6H6N2O. The largest absolute Gasteiger partial charge is 0.410 e. The van der Waals surface area contributed by atoms with E-state index in [2.05, 4.69) is 5.16 Å². The second kappa shape index (κ2) is 2.26. The number of oxime groups is 1. The third-order valence-electron chi connectivity index (χ3n) is 0.983. The Hall–Kier alpha value is -1.38. The minimum atomic E-state index is 0.419. The van der Waals surface area contributed by atoms with E-state index in [1.165, 1.54) is 0 Å². The van der Waals surface area contributed by atoms with Crippen LogP contribution in [0.3, 0.4) is 0 Å². The Morgan fingerprint density at radius 1 is 1.22 bits per heavy atom. The minimum Gasteiger partial charge on any atom is -0.410 e. The molecule has 0 saturated carbocycles. The molecule has 3 nitrogen and oxygen atoms in total. The van der Waals surface area contributed by atoms with Gasteiger partial charge in [0.25, 0.3) is 0 Å². The van der Waals surface area contributed by atoms with Crippen molar-refractivity contribution in [3.8, 4) is 0 Å². The summed E-state index contributed by atoms with van der Waals surface area (Å²) >= 11 is 0. The first-order chi connectivity index (χ1) is 4.33. The van der Waals surface area contributed by atoms with Crippen LogP contribution in [0.4, 0.5) is 0 Å². The van der Waals surface area contributed by atoms with Gasteiger partial charge in [0.2, 0.25) is 0 Å². The molecule has 1 aliphatic carbocycles. The number of hydrogen-bond donors (Lipinski definition) is 2. The molecule has 0 atom stereocenters. The lowest BCUT2D eigenvalue weighted by molar-refractivity contribution is 0.320. The van der Waals surface area contributed by atoms with E-state index in [4.69, 9.17) is 10.6 Å². The molecule has 0 aromatic rings. The van der Waals surface area contributed by atoms with Gasteiger partial charge in [0.05, 0.1) is 5.71 Å². The molecular weight excluding hydrogens is 116 g/mol. The van der Waals surface area contributed by atoms with E-state index < -0.39 is 0 Å². The highest BCUT2D eigenvalue weighted by atomic mass is 16.4. The lowest BCUT2D eigenvalue weighted by Crippen LogP contribution is -1.97. The van der Waals surface area contributed by atoms with Gasteiger partial charge in [0.15, 0.2) is 0 Å². The second-order valence-corrected chi connectivity index (χ2v) is 1.65. The fraction of sp³-hybridized carbons (Fsp3) is 0. The van der Waals surface area contributed by atoms with Crippen LogP contribution in [-0.2, 0) is 0 Å². The van der Waals surface area contributed by atoms with Crippen LogP contribution in [0.2, 0.25) is 0 Å². The third kappa shape index (κ3) is 1.25. The summed E-state index contributed by atoms with van der Waals surface area (Å²) in [6.45, 7) is 0. The summed E-state index contributed by atoms with van der Waals surface area (Å²) in [6.07, 6.45) is 6.27. The van der Waals surface area contributed by atoms with Crippen LogP contribution in [0.5, 0.6) is 0 Å². The second-order valence-electron chi connectivity index (χ2n) is 1.65. The minimum absolute atomic E-state index is 0.419. The maximum absolute atomic E-state index is 8.19. The Labute approximate surface area is 52.5 Å². The Bertz CT molecular complexity index is 195. The van der Waals surface area contributed by atoms with E-state index in [0.29, 0.717) is 11.4 Å². The van der Waals surface area contributed by atoms with Crippen molar-refractivity contribution in [3.63, 3.8) is 0 Å². The molecule has 9 heavy (non-hydrogen) atoms. The highest BCUT2D eigenvalue weighted by Gasteiger charge is 1.94. The molecule has 0 amide bonds. The molecule has 1 rings (SSSR count). The Morgan fingerprint density at radius 2 is 1.78 bits per heavy atom. The average Bonchev–Trinajstić information content (AvgIpc) is 1.90. The summed E-state index contributed by atoms with van der Waals surface area (Å²) in [5, 5.41) is 18.2. The van der Waals surface area contributed by atoms with E-state index in [9.17, 15) is 0 Å². The van der Waals surface area contributed by atoms with Crippen LogP contribution in [0.25, 0.3) is 0 Å². The molecule has 2 N–H and O–H groups in total. The zero-order valence-electron chi connectivity index (χ0n) is 4.70. The number of hydrogen-bond acceptors (Lipinski definition) is 3. The van der Waals surface area contributed by atoms with Crippen LogP contribution >= 0.6 is 0 Å². The molecule has 0 heterocycles. The first-order valence-corrected chi connectivity index (χ1v) is 2.49. The van der Waals surface area contributed by atoms with Gasteiger partial charge in [0, 0.05) is 0 Å². The first kappa shape index (κ1) is 5.75. The van der Waals surface area contributed by atoms with Crippen molar-refractivity contribution in [1.29, 1.82) is 5.41 Å². The van der Waals surface area contributed by atoms with Gasteiger partial charge in [-0.2, -0.15) is 0 Å². The van der Waals surface area contributed by atoms with Crippen molar-refractivity contribution in [2.45, 2.75) is 0 Å². The molecule has 0 aliphatic heterocycles. The van der Waals surface area contributed by atoms with E-state index in [-0.39, 0.29) is 0 Å². The smallest absolute Gasteiger partial charge is 0.102 e. The lowest BCUT2D eigenvalue weighted by atomic mass is 10.1. The highest BCUT2D eigenvalue weighted by molar-refractivity contribution is 6.17. The molecule has 0 saturated heterocycles. The molecule has 0 aromatic heterocycles. The van der Waals surface area contributed by atoms with Crippen molar-refractivity contribution in [3.05, 3.63) is 24.3 Å². The van der Waals surface area contributed by atoms with Gasteiger partial charge in [-0.15, -0.1) is 0 Å². The van der Waals surface area contributed by atoms with Crippen molar-refractivity contribution >= 4 is 11.4 Å². The quantitative estimate of drug-likeness (QED) is 0.280. The van der Waals surface area contributed by atoms with Crippen molar-refractivity contribution in [1.82, 2.24) is 0 Å². The Balaban J connectivity index is 2.82. The monoisotopic (exact) mass is 122 g/mol. The van der Waals surface area contributed by atoms with Crippen LogP contribution in [0, 0.1) is 5.41 Å². The summed E-state index contributed by atoms with van der Waals surface area (Å²) in [5.74, 6) is 0. The molecule has 0 spiro atoms. The molecule has 0 fully saturated rings. The summed E-state index contributed by atoms with van der Waals surface area (Å²) in [6, 6.07) is 0. The van der Waals surface area contributed by atoms with Crippen LogP contribution in [0.1, 0.15) is 0 Å². The van der Waals surface area contributed by atoms with E-state index in [1.807, 2.05) is 0 Å². The highest BCUT2D eigenvalue weighted by Crippen LogP contribution is 1.93. The molecule has 3 heteroatoms. The number of nitrogens with zero attached hydrogens (tertiary/aromatic N) is 1. The summed E-state index contributed by atoms with van der Waals surface area (Å²) in [4.78, 5) is 0. The summed E-state index contributed by atoms with van der Waals surface area (Å²) in [7, 11) is 0. The molecule has 0 bridgehead atoms. The van der Waals surface area contributed by atoms with Gasteiger partial charge in [-0.05, 0) is 24.3 Å². The van der Waals surface area contributed by atoms with Gasteiger partial charge < -0.3 is 10.6 Å². The lowest BCUT2D eigenvalue weighted by Gasteiger charge is -1.94. The van der Waals surface area contributed by atoms with Crippen LogP contribution in [-0.4, -0.2) is 16.6 Å². The molecule has 1 aliphatic rings. The first-order valence-electron chi connectivity index (χ1n) is 2.49. The van der Waals surface area contributed by atoms with Crippen LogP contribution < -0.4 is 0 Å². The van der Waals surface area contributed by atoms with Gasteiger partial charge >= 0.3 is 0 Å². The Kier molecular flexibility index (Phi) is 1.44. The number of rotatable bonds is 0. The van der Waals surface area contributed by atoms with Gasteiger partial charge in [-0.1, -0.05) is 5.16 Å². The summed E-state index contributed by atoms with van der Waals surface area (Å²) in [5.41, 5.74) is 0.897. The zero-order chi connectivity index (χ0) is 6.69. The number of allylic oxidation sites excluding steroid dienone is 4. The molecule has 0 aromatic carbocycles. The zero-order valence-corrected chi connectivity index (χ0v) is 4.70. The topological polar surface area (TPSA) is 56.4 Å².